The van der Waals surface area contributed by atoms with Crippen molar-refractivity contribution in [2.75, 3.05) is 68.8 Å². The van der Waals surface area contributed by atoms with E-state index in [4.69, 9.17) is 28.4 Å². The monoisotopic (exact) mass is 566 g/mol. The maximum atomic E-state index is 5.73. The van der Waals surface area contributed by atoms with Gasteiger partial charge in [-0.25, -0.2) is 0 Å². The van der Waals surface area contributed by atoms with E-state index in [1.807, 2.05) is 12.1 Å². The highest BCUT2D eigenvalue weighted by Gasteiger charge is 2.27. The molecule has 222 valence electrons. The molecular weight excluding hydrogens is 524 g/mol. The summed E-state index contributed by atoms with van der Waals surface area (Å²) >= 11 is 0. The van der Waals surface area contributed by atoms with Crippen molar-refractivity contribution in [3.63, 3.8) is 0 Å². The molecule has 2 aromatic carbocycles. The van der Waals surface area contributed by atoms with Gasteiger partial charge < -0.3 is 38.4 Å². The number of nitrogens with zero attached hydrogens (tertiary/aromatic N) is 2. The second-order valence-corrected chi connectivity index (χ2v) is 10.4. The third-order valence-corrected chi connectivity index (χ3v) is 8.46. The van der Waals surface area contributed by atoms with Crippen molar-refractivity contribution < 1.29 is 28.4 Å². The van der Waals surface area contributed by atoms with E-state index < -0.39 is 0 Å². The molecule has 0 radical (unpaired) electrons. The Kier molecular flexibility index (Phi) is 8.42. The molecule has 41 heavy (non-hydrogen) atoms. The number of rotatable bonds is 10. The van der Waals surface area contributed by atoms with Gasteiger partial charge in [-0.05, 0) is 32.4 Å². The summed E-state index contributed by atoms with van der Waals surface area (Å²) in [4.78, 5) is 12.3. The third-order valence-electron chi connectivity index (χ3n) is 8.46. The molecule has 0 spiro atoms. The number of benzene rings is 2. The molecule has 1 aliphatic rings. The number of ether oxygens (including phenoxy) is 6. The van der Waals surface area contributed by atoms with Crippen molar-refractivity contribution in [2.45, 2.75) is 32.4 Å². The van der Waals surface area contributed by atoms with Gasteiger partial charge in [-0.2, -0.15) is 0 Å². The van der Waals surface area contributed by atoms with Crippen molar-refractivity contribution in [3.8, 4) is 34.5 Å². The summed E-state index contributed by atoms with van der Waals surface area (Å²) in [6.45, 7) is 8.45. The molecule has 10 heteroatoms. The first-order valence-electron chi connectivity index (χ1n) is 14.0. The number of H-pyrrole nitrogens is 2. The van der Waals surface area contributed by atoms with Gasteiger partial charge in [0.1, 0.15) is 0 Å². The highest BCUT2D eigenvalue weighted by Crippen LogP contribution is 2.45. The number of hydrogen-bond donors (Lipinski definition) is 2. The average Bonchev–Trinajstić information content (AvgIpc) is 3.54. The second-order valence-electron chi connectivity index (χ2n) is 10.4. The molecule has 0 amide bonds. The first kappa shape index (κ1) is 28.8. The maximum absolute atomic E-state index is 5.73. The van der Waals surface area contributed by atoms with Crippen molar-refractivity contribution in [1.29, 1.82) is 0 Å². The lowest BCUT2D eigenvalue weighted by atomic mass is 10.1. The molecule has 2 N–H and O–H groups in total. The van der Waals surface area contributed by atoms with E-state index in [2.05, 4.69) is 45.7 Å². The van der Waals surface area contributed by atoms with Crippen LogP contribution in [0.1, 0.15) is 43.7 Å². The lowest BCUT2D eigenvalue weighted by molar-refractivity contribution is 0.187. The van der Waals surface area contributed by atoms with Crippen molar-refractivity contribution in [1.82, 2.24) is 19.8 Å². The van der Waals surface area contributed by atoms with Crippen LogP contribution in [0.4, 0.5) is 0 Å². The fourth-order valence-electron chi connectivity index (χ4n) is 6.12. The number of nitrogens with one attached hydrogen (secondary N) is 2. The minimum Gasteiger partial charge on any atom is -0.493 e. The van der Waals surface area contributed by atoms with Crippen LogP contribution in [0.5, 0.6) is 34.5 Å². The second kappa shape index (κ2) is 12.0. The number of hydrogen-bond acceptors (Lipinski definition) is 8. The SMILES string of the molecule is COc1cc2[nH]c(C(C)N3CCCN(C(C)c4cc5c(OC)c(OC)c(OC)cc5[nH]4)CC3)cc2c(OC)c1OC. The van der Waals surface area contributed by atoms with Crippen LogP contribution in [0.15, 0.2) is 24.3 Å². The van der Waals surface area contributed by atoms with Gasteiger partial charge in [0.15, 0.2) is 23.0 Å². The van der Waals surface area contributed by atoms with Gasteiger partial charge in [-0.15, -0.1) is 0 Å². The van der Waals surface area contributed by atoms with Gasteiger partial charge in [-0.1, -0.05) is 0 Å². The summed E-state index contributed by atoms with van der Waals surface area (Å²) in [5.74, 6) is 3.85. The van der Waals surface area contributed by atoms with E-state index in [1.165, 1.54) is 0 Å². The molecule has 2 aromatic heterocycles. The van der Waals surface area contributed by atoms with E-state index >= 15 is 0 Å². The summed E-state index contributed by atoms with van der Waals surface area (Å²) in [5, 5.41) is 1.97. The predicted octanol–water partition coefficient (Wildman–Crippen LogP) is 5.53. The first-order chi connectivity index (χ1) is 19.9. The molecule has 5 rings (SSSR count). The minimum absolute atomic E-state index is 0.205. The van der Waals surface area contributed by atoms with Gasteiger partial charge >= 0.3 is 0 Å². The summed E-state index contributed by atoms with van der Waals surface area (Å²) in [6.07, 6.45) is 1.07. The minimum atomic E-state index is 0.205. The zero-order valence-corrected chi connectivity index (χ0v) is 25.3. The average molecular weight is 567 g/mol. The summed E-state index contributed by atoms with van der Waals surface area (Å²) < 4.78 is 33.7. The molecule has 0 aliphatic carbocycles. The zero-order valence-electron chi connectivity index (χ0n) is 25.3. The Morgan fingerprint density at radius 1 is 0.537 bits per heavy atom. The van der Waals surface area contributed by atoms with Gasteiger partial charge in [0.05, 0.1) is 53.7 Å². The topological polar surface area (TPSA) is 93.4 Å². The zero-order chi connectivity index (χ0) is 29.3. The van der Waals surface area contributed by atoms with Gasteiger partial charge in [0.25, 0.3) is 0 Å². The Bertz CT molecular complexity index is 1400. The lowest BCUT2D eigenvalue weighted by Crippen LogP contribution is -2.34. The number of aromatic nitrogens is 2. The van der Waals surface area contributed by atoms with Crippen molar-refractivity contribution in [2.24, 2.45) is 0 Å². The molecule has 0 saturated carbocycles. The van der Waals surface area contributed by atoms with E-state index in [-0.39, 0.29) is 12.1 Å². The van der Waals surface area contributed by atoms with Crippen molar-refractivity contribution >= 4 is 21.8 Å². The quantitative estimate of drug-likeness (QED) is 0.259. The highest BCUT2D eigenvalue weighted by molar-refractivity contribution is 5.92. The van der Waals surface area contributed by atoms with Crippen LogP contribution in [-0.4, -0.2) is 88.6 Å². The lowest BCUT2D eigenvalue weighted by Gasteiger charge is -2.29. The van der Waals surface area contributed by atoms with Gasteiger partial charge in [0, 0.05) is 72.6 Å². The number of fused-ring (bicyclic) bond motifs is 2. The Morgan fingerprint density at radius 3 is 1.27 bits per heavy atom. The van der Waals surface area contributed by atoms with Crippen LogP contribution >= 0.6 is 0 Å². The summed E-state index contributed by atoms with van der Waals surface area (Å²) in [7, 11) is 9.86. The molecule has 1 aliphatic heterocycles. The largest absolute Gasteiger partial charge is 0.493 e. The van der Waals surface area contributed by atoms with Gasteiger partial charge in [-0.3, -0.25) is 9.80 Å². The van der Waals surface area contributed by atoms with Crippen LogP contribution in [-0.2, 0) is 0 Å². The van der Waals surface area contributed by atoms with E-state index in [9.17, 15) is 0 Å². The summed E-state index contributed by atoms with van der Waals surface area (Å²) in [5.41, 5.74) is 4.21. The molecule has 2 atom stereocenters. The maximum Gasteiger partial charge on any atom is 0.204 e. The standard InChI is InChI=1S/C31H42N4O6/c1-18(22-14-20-24(32-22)16-26(36-3)30(40-7)28(20)38-5)34-10-9-11-35(13-12-34)19(2)23-15-21-25(33-23)17-27(37-4)31(41-8)29(21)39-6/h14-19,32-33H,9-13H2,1-8H3. The highest BCUT2D eigenvalue weighted by atomic mass is 16.5. The summed E-state index contributed by atoms with van der Waals surface area (Å²) in [6, 6.07) is 8.70. The molecule has 10 nitrogen and oxygen atoms in total. The molecule has 1 fully saturated rings. The molecule has 3 heterocycles. The van der Waals surface area contributed by atoms with Crippen LogP contribution in [0.2, 0.25) is 0 Å². The Balaban J connectivity index is 1.35. The van der Waals surface area contributed by atoms with E-state index in [0.717, 1.165) is 65.8 Å². The Labute approximate surface area is 241 Å². The normalized spacial score (nSPS) is 16.4. The molecule has 4 aromatic rings. The van der Waals surface area contributed by atoms with E-state index in [0.29, 0.717) is 34.5 Å². The van der Waals surface area contributed by atoms with Gasteiger partial charge in [0.2, 0.25) is 11.5 Å². The third kappa shape index (κ3) is 5.10. The van der Waals surface area contributed by atoms with Crippen LogP contribution < -0.4 is 28.4 Å². The molecule has 0 bridgehead atoms. The number of methoxy groups -OCH3 is 6. The predicted molar refractivity (Wildman–Crippen MR) is 161 cm³/mol. The molecular formula is C31H42N4O6. The fourth-order valence-corrected chi connectivity index (χ4v) is 6.12. The fraction of sp³-hybridized carbons (Fsp3) is 0.484. The van der Waals surface area contributed by atoms with Crippen LogP contribution in [0.25, 0.3) is 21.8 Å². The van der Waals surface area contributed by atoms with E-state index in [1.54, 1.807) is 42.7 Å². The van der Waals surface area contributed by atoms with Crippen LogP contribution in [0.3, 0.4) is 0 Å². The molecule has 1 saturated heterocycles. The van der Waals surface area contributed by atoms with Crippen LogP contribution in [0, 0.1) is 0 Å². The smallest absolute Gasteiger partial charge is 0.204 e. The Morgan fingerprint density at radius 2 is 0.927 bits per heavy atom. The Hall–Kier alpha value is -3.76. The van der Waals surface area contributed by atoms with Crippen molar-refractivity contribution in [3.05, 3.63) is 35.7 Å². The molecule has 2 unspecified atom stereocenters. The number of aromatic amines is 2. The first-order valence-corrected chi connectivity index (χ1v) is 14.0.